The summed E-state index contributed by atoms with van der Waals surface area (Å²) in [6.45, 7) is 0.374. The fraction of sp³-hybridized carbons (Fsp3) is 0.263. The molecular formula is C19H18FNO4. The number of amides is 1. The maximum absolute atomic E-state index is 13.8. The van der Waals surface area contributed by atoms with Crippen molar-refractivity contribution >= 4 is 11.9 Å². The summed E-state index contributed by atoms with van der Waals surface area (Å²) in [5, 5.41) is 9.65. The molecule has 1 heterocycles. The molecule has 6 heteroatoms. The zero-order valence-corrected chi connectivity index (χ0v) is 13.5. The summed E-state index contributed by atoms with van der Waals surface area (Å²) in [4.78, 5) is 25.7. The van der Waals surface area contributed by atoms with E-state index in [9.17, 15) is 19.1 Å². The van der Waals surface area contributed by atoms with Gasteiger partial charge in [-0.15, -0.1) is 0 Å². The van der Waals surface area contributed by atoms with E-state index < -0.39 is 23.3 Å². The predicted octanol–water partition coefficient (Wildman–Crippen LogP) is 2.96. The number of nitrogens with zero attached hydrogens (tertiary/aromatic N) is 1. The van der Waals surface area contributed by atoms with E-state index in [0.717, 1.165) is 0 Å². The van der Waals surface area contributed by atoms with Gasteiger partial charge < -0.3 is 14.7 Å². The minimum Gasteiger partial charge on any atom is -0.478 e. The summed E-state index contributed by atoms with van der Waals surface area (Å²) in [6.07, 6.45) is 0.273. The summed E-state index contributed by atoms with van der Waals surface area (Å²) in [7, 11) is 0. The van der Waals surface area contributed by atoms with Gasteiger partial charge in [-0.05, 0) is 24.3 Å². The van der Waals surface area contributed by atoms with Crippen molar-refractivity contribution in [1.29, 1.82) is 0 Å². The Morgan fingerprint density at radius 2 is 1.60 bits per heavy atom. The third kappa shape index (κ3) is 3.47. The van der Waals surface area contributed by atoms with Gasteiger partial charge in [0.05, 0.1) is 5.56 Å². The van der Waals surface area contributed by atoms with E-state index in [2.05, 4.69) is 0 Å². The molecule has 0 radical (unpaired) electrons. The van der Waals surface area contributed by atoms with Crippen LogP contribution >= 0.6 is 0 Å². The van der Waals surface area contributed by atoms with Crippen LogP contribution in [-0.4, -0.2) is 40.6 Å². The number of piperidine rings is 1. The number of aliphatic carboxylic acids is 1. The normalized spacial score (nSPS) is 16.3. The van der Waals surface area contributed by atoms with Gasteiger partial charge in [-0.1, -0.05) is 30.3 Å². The summed E-state index contributed by atoms with van der Waals surface area (Å²) in [6, 6.07) is 14.5. The van der Waals surface area contributed by atoms with Crippen LogP contribution in [0.15, 0.2) is 54.6 Å². The molecule has 0 aliphatic carbocycles. The maximum Gasteiger partial charge on any atom is 0.348 e. The van der Waals surface area contributed by atoms with Gasteiger partial charge >= 0.3 is 5.97 Å². The van der Waals surface area contributed by atoms with Crippen molar-refractivity contribution in [1.82, 2.24) is 4.90 Å². The molecule has 0 saturated carbocycles. The second-order valence-corrected chi connectivity index (χ2v) is 5.99. The number of carboxylic acids is 1. The van der Waals surface area contributed by atoms with Crippen LogP contribution in [0.25, 0.3) is 0 Å². The number of carboxylic acid groups (broad SMARTS) is 1. The molecule has 0 unspecified atom stereocenters. The molecular weight excluding hydrogens is 325 g/mol. The van der Waals surface area contributed by atoms with Crippen molar-refractivity contribution in [2.45, 2.75) is 18.4 Å². The largest absolute Gasteiger partial charge is 0.478 e. The first-order chi connectivity index (χ1) is 12.0. The highest BCUT2D eigenvalue weighted by atomic mass is 19.1. The lowest BCUT2D eigenvalue weighted by Crippen LogP contribution is -2.54. The molecule has 1 aliphatic rings. The minimum atomic E-state index is -1.38. The van der Waals surface area contributed by atoms with Crippen LogP contribution in [0.5, 0.6) is 5.75 Å². The number of carbonyl (C=O) groups is 2. The Labute approximate surface area is 144 Å². The van der Waals surface area contributed by atoms with Gasteiger partial charge in [0.2, 0.25) is 5.60 Å². The van der Waals surface area contributed by atoms with E-state index in [0.29, 0.717) is 5.75 Å². The van der Waals surface area contributed by atoms with Gasteiger partial charge in [0, 0.05) is 25.9 Å². The number of likely N-dealkylation sites (tertiary alicyclic amines) is 1. The Kier molecular flexibility index (Phi) is 4.70. The molecule has 3 rings (SSSR count). The number of ether oxygens (including phenoxy) is 1. The van der Waals surface area contributed by atoms with Crippen molar-refractivity contribution in [3.8, 4) is 5.75 Å². The van der Waals surface area contributed by atoms with E-state index in [1.807, 2.05) is 6.07 Å². The number of hydrogen-bond donors (Lipinski definition) is 1. The van der Waals surface area contributed by atoms with Crippen LogP contribution in [0.3, 0.4) is 0 Å². The smallest absolute Gasteiger partial charge is 0.348 e. The first kappa shape index (κ1) is 17.0. The summed E-state index contributed by atoms with van der Waals surface area (Å²) >= 11 is 0. The molecule has 2 aromatic rings. The monoisotopic (exact) mass is 343 g/mol. The molecule has 0 atom stereocenters. The third-order valence-electron chi connectivity index (χ3n) is 4.41. The van der Waals surface area contributed by atoms with Gasteiger partial charge in [-0.2, -0.15) is 0 Å². The van der Waals surface area contributed by atoms with Crippen LogP contribution in [0, 0.1) is 5.82 Å². The molecule has 0 bridgehead atoms. The van der Waals surface area contributed by atoms with E-state index in [1.54, 1.807) is 30.3 Å². The molecule has 0 spiro atoms. The molecule has 1 aliphatic heterocycles. The van der Waals surface area contributed by atoms with Gasteiger partial charge in [0.15, 0.2) is 0 Å². The average Bonchev–Trinajstić information content (AvgIpc) is 2.63. The van der Waals surface area contributed by atoms with Crippen LogP contribution in [0.1, 0.15) is 23.2 Å². The van der Waals surface area contributed by atoms with Crippen LogP contribution in [0.4, 0.5) is 4.39 Å². The van der Waals surface area contributed by atoms with Gasteiger partial charge in [0.1, 0.15) is 11.6 Å². The predicted molar refractivity (Wildman–Crippen MR) is 89.0 cm³/mol. The van der Waals surface area contributed by atoms with Gasteiger partial charge in [0.25, 0.3) is 5.91 Å². The molecule has 0 aromatic heterocycles. The SMILES string of the molecule is O=C(c1ccccc1F)N1CCC(Oc2ccccc2)(C(=O)O)CC1. The standard InChI is InChI=1S/C19H18FNO4/c20-16-9-5-4-8-15(16)17(22)21-12-10-19(11-13-21,18(23)24)25-14-6-2-1-3-7-14/h1-9H,10-13H2,(H,23,24). The van der Waals surface area contributed by atoms with E-state index in [4.69, 9.17) is 4.74 Å². The van der Waals surface area contributed by atoms with Crippen molar-refractivity contribution in [3.05, 3.63) is 66.0 Å². The zero-order valence-electron chi connectivity index (χ0n) is 13.5. The molecule has 1 amide bonds. The van der Waals surface area contributed by atoms with Crippen LogP contribution in [0.2, 0.25) is 0 Å². The number of benzene rings is 2. The Balaban J connectivity index is 1.73. The van der Waals surface area contributed by atoms with Crippen molar-refractivity contribution in [2.24, 2.45) is 0 Å². The number of rotatable bonds is 4. The lowest BCUT2D eigenvalue weighted by atomic mass is 9.90. The summed E-state index contributed by atoms with van der Waals surface area (Å²) in [5.74, 6) is -1.60. The second kappa shape index (κ2) is 6.93. The van der Waals surface area contributed by atoms with Crippen molar-refractivity contribution in [2.75, 3.05) is 13.1 Å². The lowest BCUT2D eigenvalue weighted by molar-refractivity contribution is -0.159. The van der Waals surface area contributed by atoms with Crippen molar-refractivity contribution < 1.29 is 23.8 Å². The Morgan fingerprint density at radius 3 is 2.20 bits per heavy atom. The van der Waals surface area contributed by atoms with Gasteiger partial charge in [-0.3, -0.25) is 4.79 Å². The Hall–Kier alpha value is -2.89. The average molecular weight is 343 g/mol. The van der Waals surface area contributed by atoms with Crippen LogP contribution < -0.4 is 4.74 Å². The van der Waals surface area contributed by atoms with E-state index in [-0.39, 0.29) is 31.5 Å². The number of halogens is 1. The lowest BCUT2D eigenvalue weighted by Gasteiger charge is -2.38. The summed E-state index contributed by atoms with van der Waals surface area (Å²) in [5.41, 5.74) is -1.39. The quantitative estimate of drug-likeness (QED) is 0.927. The third-order valence-corrected chi connectivity index (χ3v) is 4.41. The molecule has 1 saturated heterocycles. The minimum absolute atomic E-state index is 0.00528. The Morgan fingerprint density at radius 1 is 1.00 bits per heavy atom. The summed E-state index contributed by atoms with van der Waals surface area (Å²) < 4.78 is 19.5. The molecule has 1 fully saturated rings. The highest BCUT2D eigenvalue weighted by Gasteiger charge is 2.45. The fourth-order valence-corrected chi connectivity index (χ4v) is 2.95. The Bertz CT molecular complexity index is 770. The first-order valence-electron chi connectivity index (χ1n) is 8.03. The molecule has 2 aromatic carbocycles. The number of para-hydroxylation sites is 1. The molecule has 25 heavy (non-hydrogen) atoms. The first-order valence-corrected chi connectivity index (χ1v) is 8.03. The zero-order chi connectivity index (χ0) is 17.9. The highest BCUT2D eigenvalue weighted by molar-refractivity contribution is 5.94. The van der Waals surface area contributed by atoms with Gasteiger partial charge in [-0.25, -0.2) is 9.18 Å². The van der Waals surface area contributed by atoms with E-state index >= 15 is 0 Å². The van der Waals surface area contributed by atoms with E-state index in [1.165, 1.54) is 23.1 Å². The number of hydrogen-bond acceptors (Lipinski definition) is 3. The molecule has 5 nitrogen and oxygen atoms in total. The topological polar surface area (TPSA) is 66.8 Å². The van der Waals surface area contributed by atoms with Crippen LogP contribution in [-0.2, 0) is 4.79 Å². The highest BCUT2D eigenvalue weighted by Crippen LogP contribution is 2.30. The number of carbonyl (C=O) groups excluding carboxylic acids is 1. The maximum atomic E-state index is 13.8. The molecule has 130 valence electrons. The fourth-order valence-electron chi connectivity index (χ4n) is 2.95. The molecule has 1 N–H and O–H groups in total. The van der Waals surface area contributed by atoms with Crippen molar-refractivity contribution in [3.63, 3.8) is 0 Å². The second-order valence-electron chi connectivity index (χ2n) is 5.99.